The fraction of sp³-hybridized carbons (Fsp3) is 0.600. The Kier molecular flexibility index (Phi) is 3.72. The molecule has 0 aliphatic carbocycles. The number of aromatic nitrogens is 1. The van der Waals surface area contributed by atoms with E-state index in [1.807, 2.05) is 12.1 Å². The first-order valence-corrected chi connectivity index (χ1v) is 7.29. The molecular formula is C15H21N3O2. The molecule has 2 aliphatic rings. The van der Waals surface area contributed by atoms with Crippen LogP contribution in [0.3, 0.4) is 0 Å². The van der Waals surface area contributed by atoms with Crippen LogP contribution in [0.4, 0.5) is 5.69 Å². The van der Waals surface area contributed by atoms with Crippen molar-refractivity contribution in [3.63, 3.8) is 0 Å². The van der Waals surface area contributed by atoms with Crippen molar-refractivity contribution in [3.8, 4) is 0 Å². The van der Waals surface area contributed by atoms with Crippen molar-refractivity contribution < 1.29 is 9.53 Å². The molecule has 1 spiro atoms. The summed E-state index contributed by atoms with van der Waals surface area (Å²) in [5, 5.41) is 6.26. The van der Waals surface area contributed by atoms with Gasteiger partial charge in [0.15, 0.2) is 0 Å². The van der Waals surface area contributed by atoms with E-state index in [1.165, 1.54) is 0 Å². The average Bonchev–Trinajstić information content (AvgIpc) is 2.89. The highest BCUT2D eigenvalue weighted by atomic mass is 16.5. The highest BCUT2D eigenvalue weighted by molar-refractivity contribution is 5.94. The minimum absolute atomic E-state index is 0.0550. The van der Waals surface area contributed by atoms with Gasteiger partial charge < -0.3 is 15.4 Å². The molecule has 0 bridgehead atoms. The van der Waals surface area contributed by atoms with Gasteiger partial charge in [-0.05, 0) is 43.9 Å². The standard InChI is InChI=1S/C15H21N3O2/c1-11-9-17-8-6-15(11)5-4-13(20-15)14(19)18-12-3-2-7-16-10-12/h2-3,7,10-11,13,17H,4-6,8-9H2,1H3,(H,18,19)/t11-,13?,15+/m0/s1. The van der Waals surface area contributed by atoms with Crippen molar-refractivity contribution in [2.24, 2.45) is 5.92 Å². The van der Waals surface area contributed by atoms with Crippen molar-refractivity contribution in [2.45, 2.75) is 37.9 Å². The molecule has 3 rings (SSSR count). The van der Waals surface area contributed by atoms with Gasteiger partial charge in [-0.25, -0.2) is 0 Å². The molecule has 3 atom stereocenters. The Balaban J connectivity index is 1.63. The van der Waals surface area contributed by atoms with E-state index in [2.05, 4.69) is 22.5 Å². The summed E-state index contributed by atoms with van der Waals surface area (Å²) < 4.78 is 6.16. The second kappa shape index (κ2) is 5.50. The molecule has 0 radical (unpaired) electrons. The van der Waals surface area contributed by atoms with Crippen LogP contribution >= 0.6 is 0 Å². The van der Waals surface area contributed by atoms with Crippen LogP contribution < -0.4 is 10.6 Å². The summed E-state index contributed by atoms with van der Waals surface area (Å²) in [6, 6.07) is 3.64. The summed E-state index contributed by atoms with van der Waals surface area (Å²) in [6.07, 6.45) is 5.77. The molecule has 5 nitrogen and oxygen atoms in total. The third kappa shape index (κ3) is 2.55. The van der Waals surface area contributed by atoms with Gasteiger partial charge in [-0.15, -0.1) is 0 Å². The lowest BCUT2D eigenvalue weighted by molar-refractivity contribution is -0.138. The van der Waals surface area contributed by atoms with Crippen LogP contribution in [0.1, 0.15) is 26.2 Å². The number of nitrogens with one attached hydrogen (secondary N) is 2. The Morgan fingerprint density at radius 2 is 2.45 bits per heavy atom. The maximum Gasteiger partial charge on any atom is 0.253 e. The lowest BCUT2D eigenvalue weighted by Gasteiger charge is -2.39. The Bertz CT molecular complexity index is 479. The topological polar surface area (TPSA) is 63.2 Å². The first-order valence-electron chi connectivity index (χ1n) is 7.29. The van der Waals surface area contributed by atoms with E-state index in [4.69, 9.17) is 4.74 Å². The predicted molar refractivity (Wildman–Crippen MR) is 76.4 cm³/mol. The van der Waals surface area contributed by atoms with Gasteiger partial charge in [0, 0.05) is 12.7 Å². The minimum Gasteiger partial charge on any atom is -0.362 e. The summed E-state index contributed by atoms with van der Waals surface area (Å²) >= 11 is 0. The van der Waals surface area contributed by atoms with Crippen molar-refractivity contribution in [2.75, 3.05) is 18.4 Å². The van der Waals surface area contributed by atoms with E-state index >= 15 is 0 Å². The van der Waals surface area contributed by atoms with Gasteiger partial charge in [0.25, 0.3) is 5.91 Å². The molecule has 20 heavy (non-hydrogen) atoms. The zero-order valence-electron chi connectivity index (χ0n) is 11.8. The van der Waals surface area contributed by atoms with Crippen LogP contribution in [0.5, 0.6) is 0 Å². The Morgan fingerprint density at radius 3 is 3.20 bits per heavy atom. The van der Waals surface area contributed by atoms with E-state index in [1.54, 1.807) is 12.4 Å². The van der Waals surface area contributed by atoms with E-state index in [0.717, 1.165) is 38.0 Å². The van der Waals surface area contributed by atoms with Crippen LogP contribution in [0, 0.1) is 5.92 Å². The Hall–Kier alpha value is -1.46. The van der Waals surface area contributed by atoms with Gasteiger partial charge in [-0.3, -0.25) is 9.78 Å². The number of amides is 1. The van der Waals surface area contributed by atoms with E-state index < -0.39 is 0 Å². The van der Waals surface area contributed by atoms with Crippen LogP contribution in [0.2, 0.25) is 0 Å². The first-order chi connectivity index (χ1) is 9.70. The number of carbonyl (C=O) groups is 1. The van der Waals surface area contributed by atoms with Gasteiger partial charge in [0.1, 0.15) is 6.10 Å². The van der Waals surface area contributed by atoms with E-state index in [0.29, 0.717) is 5.92 Å². The van der Waals surface area contributed by atoms with E-state index in [9.17, 15) is 4.79 Å². The fourth-order valence-electron chi connectivity index (χ4n) is 3.22. The number of hydrogen-bond donors (Lipinski definition) is 2. The number of hydrogen-bond acceptors (Lipinski definition) is 4. The molecule has 1 aromatic rings. The molecule has 2 aliphatic heterocycles. The number of rotatable bonds is 2. The fourth-order valence-corrected chi connectivity index (χ4v) is 3.22. The van der Waals surface area contributed by atoms with Crippen molar-refractivity contribution in [1.29, 1.82) is 0 Å². The minimum atomic E-state index is -0.337. The molecule has 1 amide bonds. The SMILES string of the molecule is C[C@H]1CNCC[C@]12CCC(C(=O)Nc1cccnc1)O2. The third-order valence-electron chi connectivity index (χ3n) is 4.50. The highest BCUT2D eigenvalue weighted by Crippen LogP contribution is 2.40. The number of pyridine rings is 1. The molecule has 108 valence electrons. The van der Waals surface area contributed by atoms with Gasteiger partial charge in [-0.1, -0.05) is 6.92 Å². The summed E-state index contributed by atoms with van der Waals surface area (Å²) in [7, 11) is 0. The van der Waals surface area contributed by atoms with Crippen LogP contribution in [-0.4, -0.2) is 35.7 Å². The maximum absolute atomic E-state index is 12.3. The summed E-state index contributed by atoms with van der Waals surface area (Å²) in [5.41, 5.74) is 0.614. The highest BCUT2D eigenvalue weighted by Gasteiger charge is 2.47. The zero-order valence-corrected chi connectivity index (χ0v) is 11.8. The Morgan fingerprint density at radius 1 is 1.55 bits per heavy atom. The molecule has 1 aromatic heterocycles. The monoisotopic (exact) mass is 275 g/mol. The number of carbonyl (C=O) groups excluding carboxylic acids is 1. The van der Waals surface area contributed by atoms with Crippen molar-refractivity contribution >= 4 is 11.6 Å². The first kappa shape index (κ1) is 13.5. The molecule has 1 unspecified atom stereocenters. The molecule has 0 saturated carbocycles. The summed E-state index contributed by atoms with van der Waals surface area (Å²) in [5.74, 6) is 0.396. The van der Waals surface area contributed by atoms with Gasteiger partial charge >= 0.3 is 0 Å². The Labute approximate surface area is 119 Å². The van der Waals surface area contributed by atoms with Crippen LogP contribution in [-0.2, 0) is 9.53 Å². The normalized spacial score (nSPS) is 33.2. The van der Waals surface area contributed by atoms with Crippen molar-refractivity contribution in [1.82, 2.24) is 10.3 Å². The predicted octanol–water partition coefficient (Wildman–Crippen LogP) is 1.57. The molecular weight excluding hydrogens is 254 g/mol. The smallest absolute Gasteiger partial charge is 0.253 e. The largest absolute Gasteiger partial charge is 0.362 e. The summed E-state index contributed by atoms with van der Waals surface area (Å²) in [6.45, 7) is 4.14. The molecule has 3 heterocycles. The van der Waals surface area contributed by atoms with Crippen LogP contribution in [0.25, 0.3) is 0 Å². The number of piperidine rings is 1. The van der Waals surface area contributed by atoms with Gasteiger partial charge in [-0.2, -0.15) is 0 Å². The second-order valence-corrected chi connectivity index (χ2v) is 5.80. The molecule has 0 aromatic carbocycles. The molecule has 2 N–H and O–H groups in total. The van der Waals surface area contributed by atoms with Crippen LogP contribution in [0.15, 0.2) is 24.5 Å². The number of anilines is 1. The third-order valence-corrected chi connectivity index (χ3v) is 4.50. The second-order valence-electron chi connectivity index (χ2n) is 5.80. The zero-order chi connectivity index (χ0) is 14.0. The average molecular weight is 275 g/mol. The van der Waals surface area contributed by atoms with Gasteiger partial charge in [0.2, 0.25) is 0 Å². The molecule has 2 saturated heterocycles. The lowest BCUT2D eigenvalue weighted by Crippen LogP contribution is -2.49. The number of nitrogens with zero attached hydrogens (tertiary/aromatic N) is 1. The van der Waals surface area contributed by atoms with Crippen molar-refractivity contribution in [3.05, 3.63) is 24.5 Å². The molecule has 5 heteroatoms. The quantitative estimate of drug-likeness (QED) is 0.860. The molecule has 2 fully saturated rings. The lowest BCUT2D eigenvalue weighted by atomic mass is 9.81. The summed E-state index contributed by atoms with van der Waals surface area (Å²) in [4.78, 5) is 16.3. The number of ether oxygens (including phenoxy) is 1. The van der Waals surface area contributed by atoms with E-state index in [-0.39, 0.29) is 17.6 Å². The van der Waals surface area contributed by atoms with Gasteiger partial charge in [0.05, 0.1) is 17.5 Å². The maximum atomic E-state index is 12.3.